The molecule has 0 aromatic heterocycles. The van der Waals surface area contributed by atoms with Crippen molar-refractivity contribution in [2.45, 2.75) is 51.3 Å². The Hall–Kier alpha value is -3.47. The topological polar surface area (TPSA) is 114 Å². The molecule has 1 saturated heterocycles. The number of hydrogen-bond acceptors (Lipinski definition) is 7. The molecular formula is C25H29FN4O5S. The van der Waals surface area contributed by atoms with Crippen molar-refractivity contribution in [1.82, 2.24) is 4.90 Å². The van der Waals surface area contributed by atoms with Crippen LogP contribution in [0.1, 0.15) is 40.0 Å². The quantitative estimate of drug-likeness (QED) is 0.328. The number of carbonyl (C=O) groups excluding carboxylic acids is 2. The van der Waals surface area contributed by atoms with Gasteiger partial charge in [-0.05, 0) is 62.1 Å². The van der Waals surface area contributed by atoms with Crippen molar-refractivity contribution in [1.29, 1.82) is 0 Å². The highest BCUT2D eigenvalue weighted by atomic mass is 32.2. The minimum atomic E-state index is -0.747. The van der Waals surface area contributed by atoms with Crippen molar-refractivity contribution in [2.75, 3.05) is 12.4 Å². The van der Waals surface area contributed by atoms with Gasteiger partial charge in [0.1, 0.15) is 22.5 Å². The fourth-order valence-corrected chi connectivity index (χ4v) is 4.94. The predicted octanol–water partition coefficient (Wildman–Crippen LogP) is 5.53. The van der Waals surface area contributed by atoms with E-state index in [1.807, 2.05) is 6.92 Å². The summed E-state index contributed by atoms with van der Waals surface area (Å²) in [6.45, 7) is 6.14. The van der Waals surface area contributed by atoms with Crippen LogP contribution >= 0.6 is 11.8 Å². The number of nitro groups is 1. The SMILES string of the molecule is COc1ccc(NC(=O)CC2SC(=Nc3ccc(F)cc3)N(C(C)CCC(C)C)C2=O)c([N+](=O)[O-])c1. The second-order valence-electron chi connectivity index (χ2n) is 8.90. The molecule has 2 aromatic rings. The van der Waals surface area contributed by atoms with Crippen molar-refractivity contribution in [2.24, 2.45) is 10.9 Å². The number of benzene rings is 2. The molecule has 0 saturated carbocycles. The Morgan fingerprint density at radius 1 is 1.22 bits per heavy atom. The van der Waals surface area contributed by atoms with E-state index in [1.165, 1.54) is 49.6 Å². The van der Waals surface area contributed by atoms with Gasteiger partial charge in [-0.3, -0.25) is 24.6 Å². The molecule has 11 heteroatoms. The van der Waals surface area contributed by atoms with Gasteiger partial charge < -0.3 is 10.1 Å². The number of halogens is 1. The highest BCUT2D eigenvalue weighted by molar-refractivity contribution is 8.15. The fraction of sp³-hybridized carbons (Fsp3) is 0.400. The molecule has 1 fully saturated rings. The van der Waals surface area contributed by atoms with Gasteiger partial charge in [-0.1, -0.05) is 25.6 Å². The van der Waals surface area contributed by atoms with Crippen molar-refractivity contribution >= 4 is 45.8 Å². The molecule has 2 atom stereocenters. The Morgan fingerprint density at radius 3 is 2.53 bits per heavy atom. The maximum atomic E-state index is 13.4. The number of thioether (sulfide) groups is 1. The van der Waals surface area contributed by atoms with E-state index in [4.69, 9.17) is 4.74 Å². The second-order valence-corrected chi connectivity index (χ2v) is 10.1. The van der Waals surface area contributed by atoms with Gasteiger partial charge in [0.2, 0.25) is 11.8 Å². The van der Waals surface area contributed by atoms with E-state index >= 15 is 0 Å². The first-order valence-electron chi connectivity index (χ1n) is 11.5. The molecule has 0 spiro atoms. The largest absolute Gasteiger partial charge is 0.496 e. The van der Waals surface area contributed by atoms with Crippen LogP contribution in [0.5, 0.6) is 5.75 Å². The summed E-state index contributed by atoms with van der Waals surface area (Å²) in [7, 11) is 1.39. The van der Waals surface area contributed by atoms with Crippen molar-refractivity contribution in [3.8, 4) is 5.75 Å². The zero-order valence-corrected chi connectivity index (χ0v) is 21.4. The molecule has 1 aliphatic heterocycles. The van der Waals surface area contributed by atoms with Crippen LogP contribution in [0.15, 0.2) is 47.5 Å². The number of aliphatic imine (C=N–C) groups is 1. The summed E-state index contributed by atoms with van der Waals surface area (Å²) in [6, 6.07) is 9.59. The average molecular weight is 517 g/mol. The number of anilines is 1. The minimum absolute atomic E-state index is 0.0172. The van der Waals surface area contributed by atoms with Gasteiger partial charge in [-0.25, -0.2) is 9.38 Å². The number of carbonyl (C=O) groups is 2. The third-order valence-electron chi connectivity index (χ3n) is 5.67. The number of amidine groups is 1. The zero-order valence-electron chi connectivity index (χ0n) is 20.6. The van der Waals surface area contributed by atoms with Crippen LogP contribution in [0.4, 0.5) is 21.5 Å². The molecule has 0 radical (unpaired) electrons. The first-order valence-corrected chi connectivity index (χ1v) is 12.4. The lowest BCUT2D eigenvalue weighted by atomic mass is 10.0. The summed E-state index contributed by atoms with van der Waals surface area (Å²) >= 11 is 1.16. The van der Waals surface area contributed by atoms with E-state index in [0.29, 0.717) is 16.8 Å². The van der Waals surface area contributed by atoms with E-state index in [-0.39, 0.29) is 35.5 Å². The van der Waals surface area contributed by atoms with Gasteiger partial charge in [0.25, 0.3) is 5.69 Å². The van der Waals surface area contributed by atoms with Crippen LogP contribution in [-0.2, 0) is 9.59 Å². The van der Waals surface area contributed by atoms with Gasteiger partial charge in [0.15, 0.2) is 5.17 Å². The van der Waals surface area contributed by atoms with Gasteiger partial charge in [-0.15, -0.1) is 0 Å². The molecule has 0 bridgehead atoms. The van der Waals surface area contributed by atoms with E-state index in [2.05, 4.69) is 24.2 Å². The Bertz CT molecular complexity index is 1160. The Kier molecular flexibility index (Phi) is 9.03. The number of methoxy groups -OCH3 is 1. The summed E-state index contributed by atoms with van der Waals surface area (Å²) < 4.78 is 18.4. The molecule has 36 heavy (non-hydrogen) atoms. The smallest absolute Gasteiger partial charge is 0.296 e. The third-order valence-corrected chi connectivity index (χ3v) is 6.82. The molecule has 3 rings (SSSR count). The zero-order chi connectivity index (χ0) is 26.4. The second kappa shape index (κ2) is 12.0. The molecule has 2 unspecified atom stereocenters. The molecular weight excluding hydrogens is 487 g/mol. The molecule has 1 aliphatic rings. The number of amides is 2. The van der Waals surface area contributed by atoms with E-state index < -0.39 is 21.9 Å². The summed E-state index contributed by atoms with van der Waals surface area (Å²) in [5, 5.41) is 13.7. The van der Waals surface area contributed by atoms with Crippen LogP contribution in [-0.4, -0.2) is 45.2 Å². The van der Waals surface area contributed by atoms with Crippen LogP contribution < -0.4 is 10.1 Å². The Labute approximate surface area is 213 Å². The average Bonchev–Trinajstić information content (AvgIpc) is 3.13. The molecule has 2 amide bonds. The molecule has 1 N–H and O–H groups in total. The van der Waals surface area contributed by atoms with E-state index in [9.17, 15) is 24.1 Å². The maximum Gasteiger partial charge on any atom is 0.296 e. The molecule has 0 aliphatic carbocycles. The van der Waals surface area contributed by atoms with Crippen molar-refractivity contribution < 1.29 is 23.6 Å². The highest BCUT2D eigenvalue weighted by Gasteiger charge is 2.41. The van der Waals surface area contributed by atoms with Crippen LogP contribution in [0, 0.1) is 21.8 Å². The van der Waals surface area contributed by atoms with Gasteiger partial charge in [-0.2, -0.15) is 0 Å². The molecule has 192 valence electrons. The molecule has 2 aromatic carbocycles. The number of nitrogens with one attached hydrogen (secondary N) is 1. The fourth-order valence-electron chi connectivity index (χ4n) is 3.69. The van der Waals surface area contributed by atoms with Crippen LogP contribution in [0.3, 0.4) is 0 Å². The first-order chi connectivity index (χ1) is 17.1. The van der Waals surface area contributed by atoms with Gasteiger partial charge in [0.05, 0.1) is 23.8 Å². The summed E-state index contributed by atoms with van der Waals surface area (Å²) in [4.78, 5) is 43.1. The van der Waals surface area contributed by atoms with Gasteiger partial charge >= 0.3 is 0 Å². The lowest BCUT2D eigenvalue weighted by molar-refractivity contribution is -0.384. The number of ether oxygens (including phenoxy) is 1. The normalized spacial score (nSPS) is 17.5. The number of rotatable bonds is 10. The summed E-state index contributed by atoms with van der Waals surface area (Å²) in [5.74, 6) is -0.437. The first kappa shape index (κ1) is 27.1. The minimum Gasteiger partial charge on any atom is -0.496 e. The summed E-state index contributed by atoms with van der Waals surface area (Å²) in [6.07, 6.45) is 1.47. The van der Waals surface area contributed by atoms with Crippen molar-refractivity contribution in [3.63, 3.8) is 0 Å². The standard InChI is InChI=1S/C25H29FN4O5S/c1-15(2)5-6-16(3)29-24(32)22(36-25(29)27-18-9-7-17(26)8-10-18)14-23(31)28-20-12-11-19(35-4)13-21(20)30(33)34/h7-13,15-16,22H,5-6,14H2,1-4H3,(H,28,31). The lowest BCUT2D eigenvalue weighted by Gasteiger charge is -2.25. The monoisotopic (exact) mass is 516 g/mol. The third kappa shape index (κ3) is 6.81. The van der Waals surface area contributed by atoms with Crippen LogP contribution in [0.25, 0.3) is 0 Å². The Morgan fingerprint density at radius 2 is 1.92 bits per heavy atom. The van der Waals surface area contributed by atoms with Gasteiger partial charge in [0, 0.05) is 12.5 Å². The predicted molar refractivity (Wildman–Crippen MR) is 138 cm³/mol. The summed E-state index contributed by atoms with van der Waals surface area (Å²) in [5.41, 5.74) is 0.200. The number of hydrogen-bond donors (Lipinski definition) is 1. The van der Waals surface area contributed by atoms with Crippen LogP contribution in [0.2, 0.25) is 0 Å². The Balaban J connectivity index is 1.81. The number of nitrogens with zero attached hydrogens (tertiary/aromatic N) is 3. The maximum absolute atomic E-state index is 13.4. The molecule has 1 heterocycles. The van der Waals surface area contributed by atoms with E-state index in [1.54, 1.807) is 4.90 Å². The number of nitro benzene ring substituents is 1. The van der Waals surface area contributed by atoms with Crippen molar-refractivity contribution in [3.05, 3.63) is 58.4 Å². The highest BCUT2D eigenvalue weighted by Crippen LogP contribution is 2.35. The lowest BCUT2D eigenvalue weighted by Crippen LogP contribution is -2.40. The molecule has 9 nitrogen and oxygen atoms in total. The van der Waals surface area contributed by atoms with E-state index in [0.717, 1.165) is 24.6 Å².